The molecule has 1 amide bonds. The van der Waals surface area contributed by atoms with Gasteiger partial charge in [-0.1, -0.05) is 0 Å². The molecule has 2 aromatic rings. The molecule has 0 N–H and O–H groups in total. The average molecular weight is 461 g/mol. The molecule has 0 radical (unpaired) electrons. The van der Waals surface area contributed by atoms with Gasteiger partial charge in [-0.3, -0.25) is 9.48 Å². The normalized spacial score (nSPS) is 20.7. The van der Waals surface area contributed by atoms with Crippen LogP contribution >= 0.6 is 0 Å². The van der Waals surface area contributed by atoms with Gasteiger partial charge in [-0.05, 0) is 58.4 Å². The highest BCUT2D eigenvalue weighted by Gasteiger charge is 2.33. The van der Waals surface area contributed by atoms with Gasteiger partial charge in [-0.25, -0.2) is 8.42 Å². The second-order valence-corrected chi connectivity index (χ2v) is 11.2. The number of ether oxygens (including phenoxy) is 1. The topological polar surface area (TPSA) is 84.7 Å². The molecule has 2 aliphatic heterocycles. The Bertz CT molecular complexity index is 1080. The van der Waals surface area contributed by atoms with Gasteiger partial charge in [-0.2, -0.15) is 5.10 Å². The maximum Gasteiger partial charge on any atom is 0.253 e. The molecular formula is C23H32N4O4S. The van der Waals surface area contributed by atoms with E-state index in [2.05, 4.69) is 10.00 Å². The standard InChI is InChI=1S/C23H32N4O4S/c1-16(2)31-21-7-5-19(6-8-21)23(28)26-12-10-25(11-13-26)22-17(3)24-27(18(22)4)20-9-14-32(29,30)15-20/h5-8,16,20H,9-15H2,1-4H3. The van der Waals surface area contributed by atoms with E-state index in [0.717, 1.165) is 35.9 Å². The summed E-state index contributed by atoms with van der Waals surface area (Å²) in [6, 6.07) is 7.24. The largest absolute Gasteiger partial charge is 0.491 e. The lowest BCUT2D eigenvalue weighted by Gasteiger charge is -2.36. The number of sulfone groups is 1. The summed E-state index contributed by atoms with van der Waals surface area (Å²) >= 11 is 0. The van der Waals surface area contributed by atoms with E-state index in [1.807, 2.05) is 61.5 Å². The Hall–Kier alpha value is -2.55. The first-order valence-corrected chi connectivity index (χ1v) is 13.0. The van der Waals surface area contributed by atoms with Crippen LogP contribution in [0.1, 0.15) is 48.1 Å². The number of carbonyl (C=O) groups is 1. The molecule has 1 aromatic heterocycles. The number of aryl methyl sites for hydroxylation is 1. The molecule has 0 spiro atoms. The zero-order valence-electron chi connectivity index (χ0n) is 19.2. The van der Waals surface area contributed by atoms with Crippen molar-refractivity contribution < 1.29 is 17.9 Å². The van der Waals surface area contributed by atoms with Crippen molar-refractivity contribution in [2.45, 2.75) is 46.3 Å². The van der Waals surface area contributed by atoms with Gasteiger partial charge in [0, 0.05) is 31.7 Å². The fourth-order valence-electron chi connectivity index (χ4n) is 4.70. The van der Waals surface area contributed by atoms with Crippen molar-refractivity contribution in [3.05, 3.63) is 41.2 Å². The molecular weight excluding hydrogens is 428 g/mol. The van der Waals surface area contributed by atoms with Crippen LogP contribution in [0.2, 0.25) is 0 Å². The zero-order valence-corrected chi connectivity index (χ0v) is 20.1. The first-order chi connectivity index (χ1) is 15.1. The van der Waals surface area contributed by atoms with Gasteiger partial charge in [0.15, 0.2) is 9.84 Å². The Morgan fingerprint density at radius 1 is 1.09 bits per heavy atom. The van der Waals surface area contributed by atoms with E-state index in [4.69, 9.17) is 4.74 Å². The quantitative estimate of drug-likeness (QED) is 0.682. The molecule has 3 heterocycles. The molecule has 0 bridgehead atoms. The second kappa shape index (κ2) is 8.77. The molecule has 174 valence electrons. The SMILES string of the molecule is Cc1nn(C2CCS(=O)(=O)C2)c(C)c1N1CCN(C(=O)c2ccc(OC(C)C)cc2)CC1. The van der Waals surface area contributed by atoms with Crippen molar-refractivity contribution in [3.8, 4) is 5.75 Å². The van der Waals surface area contributed by atoms with Crippen molar-refractivity contribution in [1.29, 1.82) is 0 Å². The van der Waals surface area contributed by atoms with Crippen LogP contribution in [0.25, 0.3) is 0 Å². The number of piperazine rings is 1. The summed E-state index contributed by atoms with van der Waals surface area (Å²) in [7, 11) is -2.97. The van der Waals surface area contributed by atoms with Crippen LogP contribution in [-0.4, -0.2) is 72.8 Å². The Balaban J connectivity index is 1.41. The molecule has 8 nitrogen and oxygen atoms in total. The van der Waals surface area contributed by atoms with Crippen molar-refractivity contribution in [1.82, 2.24) is 14.7 Å². The number of anilines is 1. The highest BCUT2D eigenvalue weighted by Crippen LogP contribution is 2.31. The van der Waals surface area contributed by atoms with E-state index in [1.165, 1.54) is 0 Å². The third-order valence-corrected chi connectivity index (χ3v) is 7.95. The number of carbonyl (C=O) groups excluding carboxylic acids is 1. The maximum atomic E-state index is 12.9. The Kier molecular flexibility index (Phi) is 6.20. The van der Waals surface area contributed by atoms with Gasteiger partial charge in [0.2, 0.25) is 0 Å². The van der Waals surface area contributed by atoms with Gasteiger partial charge in [-0.15, -0.1) is 0 Å². The maximum absolute atomic E-state index is 12.9. The molecule has 2 aliphatic rings. The first kappa shape index (κ1) is 22.6. The summed E-state index contributed by atoms with van der Waals surface area (Å²) in [5.41, 5.74) is 3.64. The highest BCUT2D eigenvalue weighted by molar-refractivity contribution is 7.91. The van der Waals surface area contributed by atoms with Gasteiger partial charge < -0.3 is 14.5 Å². The third kappa shape index (κ3) is 4.62. The highest BCUT2D eigenvalue weighted by atomic mass is 32.2. The lowest BCUT2D eigenvalue weighted by atomic mass is 10.1. The van der Waals surface area contributed by atoms with E-state index in [0.29, 0.717) is 25.1 Å². The van der Waals surface area contributed by atoms with E-state index >= 15 is 0 Å². The summed E-state index contributed by atoms with van der Waals surface area (Å²) in [5.74, 6) is 1.19. The summed E-state index contributed by atoms with van der Waals surface area (Å²) < 4.78 is 31.4. The van der Waals surface area contributed by atoms with Crippen LogP contribution in [-0.2, 0) is 9.84 Å². The van der Waals surface area contributed by atoms with Gasteiger partial charge in [0.05, 0.1) is 40.7 Å². The summed E-state index contributed by atoms with van der Waals surface area (Å²) in [5, 5.41) is 4.68. The number of aromatic nitrogens is 2. The predicted molar refractivity (Wildman–Crippen MR) is 124 cm³/mol. The van der Waals surface area contributed by atoms with Crippen LogP contribution < -0.4 is 9.64 Å². The van der Waals surface area contributed by atoms with E-state index in [9.17, 15) is 13.2 Å². The van der Waals surface area contributed by atoms with E-state index in [1.54, 1.807) is 0 Å². The minimum atomic E-state index is -2.97. The summed E-state index contributed by atoms with van der Waals surface area (Å²) in [6.07, 6.45) is 0.714. The van der Waals surface area contributed by atoms with Gasteiger partial charge in [0.25, 0.3) is 5.91 Å². The smallest absolute Gasteiger partial charge is 0.253 e. The lowest BCUT2D eigenvalue weighted by Crippen LogP contribution is -2.49. The fraction of sp³-hybridized carbons (Fsp3) is 0.565. The Labute approximate surface area is 190 Å². The van der Waals surface area contributed by atoms with Crippen molar-refractivity contribution in [2.75, 3.05) is 42.6 Å². The first-order valence-electron chi connectivity index (χ1n) is 11.2. The van der Waals surface area contributed by atoms with Crippen LogP contribution in [0.5, 0.6) is 5.75 Å². The van der Waals surface area contributed by atoms with E-state index in [-0.39, 0.29) is 29.6 Å². The molecule has 32 heavy (non-hydrogen) atoms. The van der Waals surface area contributed by atoms with E-state index < -0.39 is 9.84 Å². The molecule has 1 aromatic carbocycles. The molecule has 9 heteroatoms. The number of nitrogens with zero attached hydrogens (tertiary/aromatic N) is 4. The van der Waals surface area contributed by atoms with Crippen LogP contribution in [0, 0.1) is 13.8 Å². The molecule has 1 atom stereocenters. The predicted octanol–water partition coefficient (Wildman–Crippen LogP) is 2.61. The summed E-state index contributed by atoms with van der Waals surface area (Å²) in [6.45, 7) is 10.6. The Morgan fingerprint density at radius 3 is 2.31 bits per heavy atom. The molecule has 0 saturated carbocycles. The fourth-order valence-corrected chi connectivity index (χ4v) is 6.39. The third-order valence-electron chi connectivity index (χ3n) is 6.20. The minimum absolute atomic E-state index is 0.0287. The molecule has 2 saturated heterocycles. The van der Waals surface area contributed by atoms with Crippen LogP contribution in [0.4, 0.5) is 5.69 Å². The molecule has 1 unspecified atom stereocenters. The lowest BCUT2D eigenvalue weighted by molar-refractivity contribution is 0.0746. The number of hydrogen-bond donors (Lipinski definition) is 0. The summed E-state index contributed by atoms with van der Waals surface area (Å²) in [4.78, 5) is 17.1. The van der Waals surface area contributed by atoms with Crippen molar-refractivity contribution >= 4 is 21.4 Å². The average Bonchev–Trinajstić information content (AvgIpc) is 3.25. The molecule has 2 fully saturated rings. The van der Waals surface area contributed by atoms with Gasteiger partial charge >= 0.3 is 0 Å². The number of benzene rings is 1. The molecule has 4 rings (SSSR count). The van der Waals surface area contributed by atoms with Gasteiger partial charge in [0.1, 0.15) is 5.75 Å². The minimum Gasteiger partial charge on any atom is -0.491 e. The zero-order chi connectivity index (χ0) is 23.0. The number of rotatable bonds is 5. The van der Waals surface area contributed by atoms with Crippen LogP contribution in [0.3, 0.4) is 0 Å². The van der Waals surface area contributed by atoms with Crippen LogP contribution in [0.15, 0.2) is 24.3 Å². The molecule has 0 aliphatic carbocycles. The monoisotopic (exact) mass is 460 g/mol. The van der Waals surface area contributed by atoms with Crippen molar-refractivity contribution in [3.63, 3.8) is 0 Å². The number of amides is 1. The second-order valence-electron chi connectivity index (χ2n) is 8.99. The number of hydrogen-bond acceptors (Lipinski definition) is 6. The Morgan fingerprint density at radius 2 is 1.75 bits per heavy atom. The van der Waals surface area contributed by atoms with Crippen molar-refractivity contribution in [2.24, 2.45) is 0 Å².